The van der Waals surface area contributed by atoms with Gasteiger partial charge in [-0.2, -0.15) is 4.31 Å². The van der Waals surface area contributed by atoms with Crippen molar-refractivity contribution in [3.63, 3.8) is 0 Å². The molecule has 0 spiro atoms. The lowest BCUT2D eigenvalue weighted by atomic mass is 10.2. The van der Waals surface area contributed by atoms with Crippen molar-refractivity contribution in [1.29, 1.82) is 0 Å². The van der Waals surface area contributed by atoms with Gasteiger partial charge in [0.2, 0.25) is 15.9 Å². The number of piperazine rings is 1. The molecule has 0 N–H and O–H groups in total. The fraction of sp³-hybridized carbons (Fsp3) is 0.909. The SMILES string of the molecule is CC(C)C(=O)N1CCN(S(=O)(=O)CCCCl)CC1. The monoisotopic (exact) mass is 296 g/mol. The average molecular weight is 297 g/mol. The van der Waals surface area contributed by atoms with E-state index in [0.29, 0.717) is 38.5 Å². The van der Waals surface area contributed by atoms with E-state index in [4.69, 9.17) is 11.6 Å². The van der Waals surface area contributed by atoms with Crippen LogP contribution in [0.4, 0.5) is 0 Å². The predicted octanol–water partition coefficient (Wildman–Crippen LogP) is 0.745. The van der Waals surface area contributed by atoms with Gasteiger partial charge in [-0.05, 0) is 6.42 Å². The van der Waals surface area contributed by atoms with Crippen LogP contribution in [0.25, 0.3) is 0 Å². The lowest BCUT2D eigenvalue weighted by Gasteiger charge is -2.34. The highest BCUT2D eigenvalue weighted by molar-refractivity contribution is 7.89. The summed E-state index contributed by atoms with van der Waals surface area (Å²) < 4.78 is 25.3. The number of sulfonamides is 1. The topological polar surface area (TPSA) is 57.7 Å². The molecular weight excluding hydrogens is 276 g/mol. The summed E-state index contributed by atoms with van der Waals surface area (Å²) in [5.41, 5.74) is 0. The Morgan fingerprint density at radius 2 is 1.78 bits per heavy atom. The fourth-order valence-electron chi connectivity index (χ4n) is 1.92. The van der Waals surface area contributed by atoms with E-state index in [2.05, 4.69) is 0 Å². The number of carbonyl (C=O) groups is 1. The zero-order valence-corrected chi connectivity index (χ0v) is 12.5. The first-order valence-corrected chi connectivity index (χ1v) is 8.35. The van der Waals surface area contributed by atoms with Gasteiger partial charge in [0.25, 0.3) is 0 Å². The van der Waals surface area contributed by atoms with Crippen LogP contribution >= 0.6 is 11.6 Å². The Bertz CT molecular complexity index is 376. The Labute approximate surface area is 114 Å². The smallest absolute Gasteiger partial charge is 0.225 e. The Hall–Kier alpha value is -0.330. The van der Waals surface area contributed by atoms with Crippen LogP contribution in [-0.4, -0.2) is 61.3 Å². The number of carbonyl (C=O) groups excluding carboxylic acids is 1. The molecule has 0 unspecified atom stereocenters. The standard InChI is InChI=1S/C11H21ClN2O3S/c1-10(2)11(15)13-5-7-14(8-6-13)18(16,17)9-3-4-12/h10H,3-9H2,1-2H3. The molecule has 0 radical (unpaired) electrons. The lowest BCUT2D eigenvalue weighted by molar-refractivity contribution is -0.135. The molecule has 0 aromatic rings. The van der Waals surface area contributed by atoms with E-state index in [9.17, 15) is 13.2 Å². The number of amides is 1. The maximum atomic E-state index is 11.9. The average Bonchev–Trinajstić information content (AvgIpc) is 2.35. The Morgan fingerprint density at radius 3 is 2.22 bits per heavy atom. The molecule has 1 rings (SSSR count). The number of alkyl halides is 1. The number of hydrogen-bond acceptors (Lipinski definition) is 3. The molecule has 1 aliphatic rings. The third-order valence-corrected chi connectivity index (χ3v) is 5.20. The van der Waals surface area contributed by atoms with Gasteiger partial charge in [0.1, 0.15) is 0 Å². The minimum atomic E-state index is -3.20. The van der Waals surface area contributed by atoms with Gasteiger partial charge in [0.05, 0.1) is 5.75 Å². The lowest BCUT2D eigenvalue weighted by Crippen LogP contribution is -2.51. The number of rotatable bonds is 5. The van der Waals surface area contributed by atoms with E-state index >= 15 is 0 Å². The van der Waals surface area contributed by atoms with Crippen LogP contribution < -0.4 is 0 Å². The van der Waals surface area contributed by atoms with E-state index in [0.717, 1.165) is 0 Å². The van der Waals surface area contributed by atoms with Crippen molar-refractivity contribution in [2.24, 2.45) is 5.92 Å². The molecule has 5 nitrogen and oxygen atoms in total. The van der Waals surface area contributed by atoms with Crippen LogP contribution in [-0.2, 0) is 14.8 Å². The highest BCUT2D eigenvalue weighted by atomic mass is 35.5. The van der Waals surface area contributed by atoms with Gasteiger partial charge < -0.3 is 4.90 Å². The summed E-state index contributed by atoms with van der Waals surface area (Å²) in [7, 11) is -3.20. The molecule has 7 heteroatoms. The van der Waals surface area contributed by atoms with E-state index in [1.807, 2.05) is 13.8 Å². The minimum absolute atomic E-state index is 0.0376. The third-order valence-electron chi connectivity index (χ3n) is 2.97. The largest absolute Gasteiger partial charge is 0.340 e. The van der Waals surface area contributed by atoms with Crippen molar-refractivity contribution in [2.45, 2.75) is 20.3 Å². The summed E-state index contributed by atoms with van der Waals surface area (Å²) >= 11 is 5.51. The zero-order valence-electron chi connectivity index (χ0n) is 10.9. The van der Waals surface area contributed by atoms with Gasteiger partial charge in [0.15, 0.2) is 0 Å². The van der Waals surface area contributed by atoms with E-state index < -0.39 is 10.0 Å². The van der Waals surface area contributed by atoms with Gasteiger partial charge in [-0.25, -0.2) is 8.42 Å². The van der Waals surface area contributed by atoms with Crippen molar-refractivity contribution in [1.82, 2.24) is 9.21 Å². The highest BCUT2D eigenvalue weighted by Crippen LogP contribution is 2.11. The first kappa shape index (κ1) is 15.7. The summed E-state index contributed by atoms with van der Waals surface area (Å²) in [6.07, 6.45) is 0.467. The van der Waals surface area contributed by atoms with Gasteiger partial charge >= 0.3 is 0 Å². The molecule has 1 fully saturated rings. The molecule has 0 aromatic carbocycles. The Balaban J connectivity index is 2.51. The second-order valence-electron chi connectivity index (χ2n) is 4.74. The van der Waals surface area contributed by atoms with Crippen LogP contribution in [0.2, 0.25) is 0 Å². The Morgan fingerprint density at radius 1 is 1.22 bits per heavy atom. The van der Waals surface area contributed by atoms with Gasteiger partial charge in [-0.3, -0.25) is 4.79 Å². The molecule has 0 aromatic heterocycles. The zero-order chi connectivity index (χ0) is 13.8. The van der Waals surface area contributed by atoms with Crippen LogP contribution in [0.15, 0.2) is 0 Å². The first-order valence-electron chi connectivity index (χ1n) is 6.21. The van der Waals surface area contributed by atoms with Crippen LogP contribution in [0.3, 0.4) is 0 Å². The molecule has 1 saturated heterocycles. The summed E-state index contributed by atoms with van der Waals surface area (Å²) in [4.78, 5) is 13.5. The molecular formula is C11H21ClN2O3S. The van der Waals surface area contributed by atoms with E-state index in [1.165, 1.54) is 4.31 Å². The second kappa shape index (κ2) is 6.73. The van der Waals surface area contributed by atoms with E-state index in [-0.39, 0.29) is 17.6 Å². The molecule has 106 valence electrons. The van der Waals surface area contributed by atoms with E-state index in [1.54, 1.807) is 4.90 Å². The van der Waals surface area contributed by atoms with Crippen LogP contribution in [0.1, 0.15) is 20.3 Å². The van der Waals surface area contributed by atoms with Gasteiger partial charge in [-0.15, -0.1) is 11.6 Å². The Kier molecular flexibility index (Phi) is 5.88. The minimum Gasteiger partial charge on any atom is -0.340 e. The maximum Gasteiger partial charge on any atom is 0.225 e. The number of hydrogen-bond donors (Lipinski definition) is 0. The molecule has 1 amide bonds. The maximum absolute atomic E-state index is 11.9. The summed E-state index contributed by atoms with van der Waals surface area (Å²) in [5.74, 6) is 0.497. The van der Waals surface area contributed by atoms with Crippen molar-refractivity contribution in [3.8, 4) is 0 Å². The molecule has 0 atom stereocenters. The summed E-state index contributed by atoms with van der Waals surface area (Å²) in [6.45, 7) is 5.46. The normalized spacial score (nSPS) is 18.3. The number of nitrogens with zero attached hydrogens (tertiary/aromatic N) is 2. The van der Waals surface area contributed by atoms with Crippen LogP contribution in [0.5, 0.6) is 0 Å². The molecule has 0 bridgehead atoms. The van der Waals surface area contributed by atoms with Crippen molar-refractivity contribution in [3.05, 3.63) is 0 Å². The highest BCUT2D eigenvalue weighted by Gasteiger charge is 2.28. The van der Waals surface area contributed by atoms with Crippen molar-refractivity contribution >= 4 is 27.5 Å². The summed E-state index contributed by atoms with van der Waals surface area (Å²) in [5, 5.41) is 0. The molecule has 1 heterocycles. The van der Waals surface area contributed by atoms with Gasteiger partial charge in [-0.1, -0.05) is 13.8 Å². The molecule has 0 saturated carbocycles. The molecule has 1 aliphatic heterocycles. The summed E-state index contributed by atoms with van der Waals surface area (Å²) in [6, 6.07) is 0. The quantitative estimate of drug-likeness (QED) is 0.703. The van der Waals surface area contributed by atoms with Crippen molar-refractivity contribution < 1.29 is 13.2 Å². The second-order valence-corrected chi connectivity index (χ2v) is 7.20. The van der Waals surface area contributed by atoms with Crippen LogP contribution in [0, 0.1) is 5.92 Å². The van der Waals surface area contributed by atoms with Gasteiger partial charge in [0, 0.05) is 38.0 Å². The van der Waals surface area contributed by atoms with Crippen molar-refractivity contribution in [2.75, 3.05) is 37.8 Å². The fourth-order valence-corrected chi connectivity index (χ4v) is 3.70. The molecule has 18 heavy (non-hydrogen) atoms. The first-order chi connectivity index (χ1) is 8.38. The number of halogens is 1. The molecule has 0 aliphatic carbocycles. The predicted molar refractivity (Wildman–Crippen MR) is 72.1 cm³/mol. The third kappa shape index (κ3) is 4.10.